The van der Waals surface area contributed by atoms with E-state index in [-0.39, 0.29) is 11.2 Å². The third-order valence-electron chi connectivity index (χ3n) is 5.61. The Balaban J connectivity index is 1.57. The van der Waals surface area contributed by atoms with E-state index in [0.29, 0.717) is 0 Å². The second-order valence-electron chi connectivity index (χ2n) is 7.71. The van der Waals surface area contributed by atoms with Crippen LogP contribution in [0.4, 0.5) is 0 Å². The van der Waals surface area contributed by atoms with E-state index in [1.54, 1.807) is 18.1 Å². The maximum atomic E-state index is 12.9. The zero-order valence-electron chi connectivity index (χ0n) is 15.7. The van der Waals surface area contributed by atoms with Crippen LogP contribution >= 0.6 is 23.1 Å². The molecule has 1 amide bonds. The summed E-state index contributed by atoms with van der Waals surface area (Å²) in [6.07, 6.45) is 9.94. The first-order chi connectivity index (χ1) is 12.6. The predicted octanol–water partition coefficient (Wildman–Crippen LogP) is 4.70. The molecule has 0 aromatic carbocycles. The van der Waals surface area contributed by atoms with Crippen LogP contribution in [0, 0.1) is 5.92 Å². The van der Waals surface area contributed by atoms with Gasteiger partial charge in [-0.2, -0.15) is 0 Å². The van der Waals surface area contributed by atoms with Gasteiger partial charge >= 0.3 is 0 Å². The van der Waals surface area contributed by atoms with Gasteiger partial charge in [0.15, 0.2) is 0 Å². The highest BCUT2D eigenvalue weighted by Crippen LogP contribution is 2.41. The number of likely N-dealkylation sites (tertiary alicyclic amines) is 1. The number of aromatic nitrogens is 2. The summed E-state index contributed by atoms with van der Waals surface area (Å²) in [5, 5.41) is 2.13. The third-order valence-corrected chi connectivity index (χ3v) is 7.86. The van der Waals surface area contributed by atoms with E-state index in [0.717, 1.165) is 54.5 Å². The Labute approximate surface area is 163 Å². The Morgan fingerprint density at radius 2 is 2.04 bits per heavy atom. The van der Waals surface area contributed by atoms with Gasteiger partial charge in [-0.25, -0.2) is 9.97 Å². The summed E-state index contributed by atoms with van der Waals surface area (Å²) in [5.41, 5.74) is 1.45. The number of carbonyl (C=O) groups excluding carboxylic acids is 1. The van der Waals surface area contributed by atoms with E-state index < -0.39 is 0 Å². The van der Waals surface area contributed by atoms with E-state index in [2.05, 4.69) is 21.8 Å². The summed E-state index contributed by atoms with van der Waals surface area (Å²) in [6, 6.07) is 0. The molecule has 2 atom stereocenters. The van der Waals surface area contributed by atoms with Gasteiger partial charge in [-0.05, 0) is 50.5 Å². The predicted molar refractivity (Wildman–Crippen MR) is 109 cm³/mol. The molecule has 6 heteroatoms. The van der Waals surface area contributed by atoms with Crippen LogP contribution < -0.4 is 0 Å². The molecule has 0 saturated carbocycles. The number of nitrogens with zero attached hydrogens (tertiary/aromatic N) is 3. The number of thiophene rings is 1. The van der Waals surface area contributed by atoms with Gasteiger partial charge in [0.2, 0.25) is 5.91 Å². The lowest BCUT2D eigenvalue weighted by atomic mass is 9.89. The number of carbonyl (C=O) groups is 1. The van der Waals surface area contributed by atoms with Crippen LogP contribution in [-0.4, -0.2) is 39.1 Å². The molecule has 0 N–H and O–H groups in total. The molecule has 1 aliphatic carbocycles. The van der Waals surface area contributed by atoms with Crippen molar-refractivity contribution < 1.29 is 4.79 Å². The molecule has 1 aliphatic heterocycles. The van der Waals surface area contributed by atoms with Gasteiger partial charge in [-0.3, -0.25) is 4.79 Å². The molecule has 3 heterocycles. The van der Waals surface area contributed by atoms with Crippen molar-refractivity contribution in [2.75, 3.05) is 13.1 Å². The Morgan fingerprint density at radius 1 is 1.27 bits per heavy atom. The molecule has 0 bridgehead atoms. The number of aryl methyl sites for hydroxylation is 1. The number of fused-ring (bicyclic) bond motifs is 3. The summed E-state index contributed by atoms with van der Waals surface area (Å²) in [4.78, 5) is 26.7. The van der Waals surface area contributed by atoms with Crippen LogP contribution in [-0.2, 0) is 17.6 Å². The molecule has 140 valence electrons. The molecule has 0 unspecified atom stereocenters. The Morgan fingerprint density at radius 3 is 2.81 bits per heavy atom. The molecule has 2 aromatic rings. The summed E-state index contributed by atoms with van der Waals surface area (Å²) in [5.74, 6) is 1.02. The van der Waals surface area contributed by atoms with E-state index in [4.69, 9.17) is 0 Å². The van der Waals surface area contributed by atoms with Crippen molar-refractivity contribution in [3.63, 3.8) is 0 Å². The standard InChI is InChI=1S/C20H27N3OS2/c1-13-7-8-15-16(11-13)26-19-17(15)18(21-12-22-19)25-14(2)20(24)23-9-5-3-4-6-10-23/h12-14H,3-11H2,1-2H3/t13-,14-/m0/s1. The van der Waals surface area contributed by atoms with Gasteiger partial charge in [0.25, 0.3) is 0 Å². The fourth-order valence-electron chi connectivity index (χ4n) is 4.10. The molecule has 4 nitrogen and oxygen atoms in total. The van der Waals surface area contributed by atoms with Crippen LogP contribution in [0.15, 0.2) is 11.4 Å². The number of thioether (sulfide) groups is 1. The van der Waals surface area contributed by atoms with Crippen molar-refractivity contribution in [3.05, 3.63) is 16.8 Å². The van der Waals surface area contributed by atoms with Crippen LogP contribution in [0.1, 0.15) is 56.4 Å². The minimum absolute atomic E-state index is 0.0933. The lowest BCUT2D eigenvalue weighted by molar-refractivity contribution is -0.130. The highest BCUT2D eigenvalue weighted by atomic mass is 32.2. The summed E-state index contributed by atoms with van der Waals surface area (Å²) in [6.45, 7) is 6.19. The molecule has 26 heavy (non-hydrogen) atoms. The minimum atomic E-state index is -0.0933. The molecule has 4 rings (SSSR count). The first-order valence-electron chi connectivity index (χ1n) is 9.84. The van der Waals surface area contributed by atoms with Crippen LogP contribution in [0.2, 0.25) is 0 Å². The van der Waals surface area contributed by atoms with Gasteiger partial charge in [0, 0.05) is 23.4 Å². The molecular weight excluding hydrogens is 362 g/mol. The highest BCUT2D eigenvalue weighted by molar-refractivity contribution is 8.00. The van der Waals surface area contributed by atoms with E-state index in [1.807, 2.05) is 18.3 Å². The van der Waals surface area contributed by atoms with E-state index >= 15 is 0 Å². The number of hydrogen-bond donors (Lipinski definition) is 0. The number of amides is 1. The average Bonchev–Trinajstić information content (AvgIpc) is 2.80. The normalized spacial score (nSPS) is 22.1. The van der Waals surface area contributed by atoms with Gasteiger partial charge in [0.1, 0.15) is 16.2 Å². The second-order valence-corrected chi connectivity index (χ2v) is 10.1. The smallest absolute Gasteiger partial charge is 0.235 e. The Hall–Kier alpha value is -1.14. The van der Waals surface area contributed by atoms with Crippen molar-refractivity contribution in [1.29, 1.82) is 0 Å². The van der Waals surface area contributed by atoms with E-state index in [1.165, 1.54) is 35.1 Å². The fraction of sp³-hybridized carbons (Fsp3) is 0.650. The molecular formula is C20H27N3OS2. The van der Waals surface area contributed by atoms with Gasteiger partial charge in [-0.1, -0.05) is 31.5 Å². The maximum Gasteiger partial charge on any atom is 0.235 e. The molecule has 1 fully saturated rings. The zero-order valence-corrected chi connectivity index (χ0v) is 17.3. The number of hydrogen-bond acceptors (Lipinski definition) is 5. The second kappa shape index (κ2) is 7.85. The van der Waals surface area contributed by atoms with Crippen LogP contribution in [0.5, 0.6) is 0 Å². The van der Waals surface area contributed by atoms with Crippen LogP contribution in [0.3, 0.4) is 0 Å². The fourth-order valence-corrected chi connectivity index (χ4v) is 6.55. The highest BCUT2D eigenvalue weighted by Gasteiger charge is 2.27. The molecule has 1 saturated heterocycles. The SMILES string of the molecule is C[C@H]1CCc2c(sc3ncnc(S[C@@H](C)C(=O)N4CCCCCC4)c23)C1. The summed E-state index contributed by atoms with van der Waals surface area (Å²) in [7, 11) is 0. The summed E-state index contributed by atoms with van der Waals surface area (Å²) >= 11 is 3.45. The van der Waals surface area contributed by atoms with Gasteiger partial charge in [0.05, 0.1) is 5.25 Å². The Bertz CT molecular complexity index is 796. The number of rotatable bonds is 3. The van der Waals surface area contributed by atoms with Gasteiger partial charge < -0.3 is 4.90 Å². The average molecular weight is 390 g/mol. The quantitative estimate of drug-likeness (QED) is 0.564. The summed E-state index contributed by atoms with van der Waals surface area (Å²) < 4.78 is 0. The minimum Gasteiger partial charge on any atom is -0.342 e. The molecule has 0 spiro atoms. The maximum absolute atomic E-state index is 12.9. The molecule has 2 aliphatic rings. The van der Waals surface area contributed by atoms with Crippen molar-refractivity contribution in [3.8, 4) is 0 Å². The van der Waals surface area contributed by atoms with Crippen molar-refractivity contribution in [1.82, 2.24) is 14.9 Å². The zero-order chi connectivity index (χ0) is 18.1. The molecule has 2 aromatic heterocycles. The third kappa shape index (κ3) is 3.63. The van der Waals surface area contributed by atoms with Crippen LogP contribution in [0.25, 0.3) is 10.2 Å². The Kier molecular flexibility index (Phi) is 5.50. The van der Waals surface area contributed by atoms with E-state index in [9.17, 15) is 4.79 Å². The first kappa shape index (κ1) is 18.2. The van der Waals surface area contributed by atoms with Crippen molar-refractivity contribution >= 4 is 39.2 Å². The first-order valence-corrected chi connectivity index (χ1v) is 11.5. The topological polar surface area (TPSA) is 46.1 Å². The van der Waals surface area contributed by atoms with Gasteiger partial charge in [-0.15, -0.1) is 11.3 Å². The molecule has 0 radical (unpaired) electrons. The lowest BCUT2D eigenvalue weighted by Crippen LogP contribution is -2.37. The largest absolute Gasteiger partial charge is 0.342 e. The van der Waals surface area contributed by atoms with Crippen molar-refractivity contribution in [2.24, 2.45) is 5.92 Å². The lowest BCUT2D eigenvalue weighted by Gasteiger charge is -2.24. The van der Waals surface area contributed by atoms with Crippen molar-refractivity contribution in [2.45, 2.75) is 69.1 Å². The monoisotopic (exact) mass is 389 g/mol.